The van der Waals surface area contributed by atoms with Crippen LogP contribution in [0.15, 0.2) is 6.20 Å². The predicted molar refractivity (Wildman–Crippen MR) is 68.3 cm³/mol. The highest BCUT2D eigenvalue weighted by molar-refractivity contribution is 7.91. The van der Waals surface area contributed by atoms with Gasteiger partial charge in [0.25, 0.3) is 0 Å². The average Bonchev–Trinajstić information content (AvgIpc) is 2.66. The van der Waals surface area contributed by atoms with Crippen LogP contribution in [0.4, 0.5) is 17.5 Å². The van der Waals surface area contributed by atoms with Gasteiger partial charge in [-0.05, 0) is 12.3 Å². The van der Waals surface area contributed by atoms with Gasteiger partial charge >= 0.3 is 5.69 Å². The molecule has 1 saturated heterocycles. The number of rotatable bonds is 4. The number of sulfone groups is 1. The number of anilines is 2. The molecule has 1 aromatic heterocycles. The van der Waals surface area contributed by atoms with Crippen molar-refractivity contribution in [3.8, 4) is 0 Å². The van der Waals surface area contributed by atoms with Crippen LogP contribution >= 0.6 is 0 Å². The van der Waals surface area contributed by atoms with E-state index in [1.165, 1.54) is 0 Å². The third-order valence-electron chi connectivity index (χ3n) is 2.87. The van der Waals surface area contributed by atoms with Gasteiger partial charge in [0.05, 0.1) is 16.4 Å². The number of nitrogens with one attached hydrogen (secondary N) is 1. The third kappa shape index (κ3) is 3.28. The summed E-state index contributed by atoms with van der Waals surface area (Å²) in [6.45, 7) is 0.302. The van der Waals surface area contributed by atoms with Crippen LogP contribution in [0.2, 0.25) is 0 Å². The van der Waals surface area contributed by atoms with E-state index in [1.54, 1.807) is 0 Å². The second kappa shape index (κ2) is 4.96. The van der Waals surface area contributed by atoms with Crippen molar-refractivity contribution in [1.82, 2.24) is 9.97 Å². The van der Waals surface area contributed by atoms with Crippen molar-refractivity contribution in [2.75, 3.05) is 29.1 Å². The van der Waals surface area contributed by atoms with Gasteiger partial charge in [0.15, 0.2) is 9.84 Å². The number of nitrogen functional groups attached to an aromatic ring is 1. The van der Waals surface area contributed by atoms with Crippen LogP contribution in [0.5, 0.6) is 0 Å². The molecule has 0 saturated carbocycles. The molecule has 19 heavy (non-hydrogen) atoms. The summed E-state index contributed by atoms with van der Waals surface area (Å²) in [6.07, 6.45) is 1.57. The minimum absolute atomic E-state index is 0.0156. The zero-order valence-corrected chi connectivity index (χ0v) is 10.8. The van der Waals surface area contributed by atoms with Crippen LogP contribution < -0.4 is 11.1 Å². The van der Waals surface area contributed by atoms with Gasteiger partial charge in [-0.2, -0.15) is 4.98 Å². The molecule has 10 heteroatoms. The summed E-state index contributed by atoms with van der Waals surface area (Å²) in [5.41, 5.74) is 5.09. The first-order valence-electron chi connectivity index (χ1n) is 5.58. The molecule has 1 aromatic rings. The first-order chi connectivity index (χ1) is 8.87. The van der Waals surface area contributed by atoms with Gasteiger partial charge < -0.3 is 11.1 Å². The fraction of sp³-hybridized carbons (Fsp3) is 0.556. The smallest absolute Gasteiger partial charge is 0.329 e. The Morgan fingerprint density at radius 1 is 1.58 bits per heavy atom. The van der Waals surface area contributed by atoms with Crippen molar-refractivity contribution in [2.45, 2.75) is 6.42 Å². The van der Waals surface area contributed by atoms with E-state index in [-0.39, 0.29) is 34.9 Å². The second-order valence-electron chi connectivity index (χ2n) is 4.37. The van der Waals surface area contributed by atoms with E-state index >= 15 is 0 Å². The number of hydrogen-bond acceptors (Lipinski definition) is 8. The minimum Gasteiger partial charge on any atom is -0.368 e. The number of hydrogen-bond donors (Lipinski definition) is 2. The Hall–Kier alpha value is -1.97. The average molecular weight is 287 g/mol. The fourth-order valence-electron chi connectivity index (χ4n) is 1.93. The van der Waals surface area contributed by atoms with E-state index in [9.17, 15) is 18.5 Å². The van der Waals surface area contributed by atoms with Crippen LogP contribution in [0.25, 0.3) is 0 Å². The molecule has 2 heterocycles. The monoisotopic (exact) mass is 287 g/mol. The van der Waals surface area contributed by atoms with Crippen molar-refractivity contribution in [2.24, 2.45) is 5.92 Å². The van der Waals surface area contributed by atoms with Gasteiger partial charge in [-0.25, -0.2) is 13.4 Å². The number of nitrogens with two attached hydrogens (primary N) is 1. The molecular formula is C9H13N5O4S. The van der Waals surface area contributed by atoms with Crippen LogP contribution in [-0.4, -0.2) is 41.4 Å². The molecule has 0 amide bonds. The van der Waals surface area contributed by atoms with Crippen LogP contribution in [-0.2, 0) is 9.84 Å². The molecule has 104 valence electrons. The lowest BCUT2D eigenvalue weighted by atomic mass is 10.1. The lowest BCUT2D eigenvalue weighted by Crippen LogP contribution is -2.17. The molecule has 1 fully saturated rings. The Labute approximate surface area is 109 Å². The van der Waals surface area contributed by atoms with Gasteiger partial charge in [-0.15, -0.1) is 0 Å². The largest absolute Gasteiger partial charge is 0.368 e. The lowest BCUT2D eigenvalue weighted by Gasteiger charge is -2.10. The Balaban J connectivity index is 2.07. The first kappa shape index (κ1) is 13.5. The molecule has 0 spiro atoms. The molecule has 1 atom stereocenters. The highest BCUT2D eigenvalue weighted by Crippen LogP contribution is 2.23. The summed E-state index contributed by atoms with van der Waals surface area (Å²) in [7, 11) is -2.97. The zero-order valence-electron chi connectivity index (χ0n) is 9.94. The quantitative estimate of drug-likeness (QED) is 0.573. The van der Waals surface area contributed by atoms with Crippen molar-refractivity contribution in [3.63, 3.8) is 0 Å². The van der Waals surface area contributed by atoms with Crippen molar-refractivity contribution in [1.29, 1.82) is 0 Å². The summed E-state index contributed by atoms with van der Waals surface area (Å²) in [4.78, 5) is 17.5. The van der Waals surface area contributed by atoms with Crippen LogP contribution in [0.1, 0.15) is 6.42 Å². The molecule has 0 aromatic carbocycles. The molecule has 1 aliphatic rings. The Morgan fingerprint density at radius 3 is 2.89 bits per heavy atom. The maximum Gasteiger partial charge on any atom is 0.329 e. The molecule has 2 rings (SSSR count). The highest BCUT2D eigenvalue weighted by atomic mass is 32.2. The number of aromatic nitrogens is 2. The number of nitro groups is 1. The van der Waals surface area contributed by atoms with Gasteiger partial charge in [-0.3, -0.25) is 10.1 Å². The van der Waals surface area contributed by atoms with Crippen LogP contribution in [0, 0.1) is 16.0 Å². The molecule has 0 radical (unpaired) electrons. The molecule has 1 unspecified atom stereocenters. The third-order valence-corrected chi connectivity index (χ3v) is 4.71. The van der Waals surface area contributed by atoms with Gasteiger partial charge in [0.1, 0.15) is 6.20 Å². The predicted octanol–water partition coefficient (Wildman–Crippen LogP) is -0.186. The second-order valence-corrected chi connectivity index (χ2v) is 6.60. The molecule has 0 aliphatic carbocycles. The summed E-state index contributed by atoms with van der Waals surface area (Å²) in [6, 6.07) is 0. The Bertz CT molecular complexity index is 603. The zero-order chi connectivity index (χ0) is 14.0. The topological polar surface area (TPSA) is 141 Å². The van der Waals surface area contributed by atoms with Crippen molar-refractivity contribution in [3.05, 3.63) is 16.3 Å². The van der Waals surface area contributed by atoms with E-state index in [2.05, 4.69) is 15.3 Å². The number of nitrogens with zero attached hydrogens (tertiary/aromatic N) is 3. The first-order valence-corrected chi connectivity index (χ1v) is 7.41. The summed E-state index contributed by atoms with van der Waals surface area (Å²) < 4.78 is 22.6. The minimum atomic E-state index is -2.97. The van der Waals surface area contributed by atoms with E-state index in [0.29, 0.717) is 13.0 Å². The summed E-state index contributed by atoms with van der Waals surface area (Å²) in [5, 5.41) is 13.6. The SMILES string of the molecule is Nc1ncc([N+](=O)[O-])c(NCC2CCS(=O)(=O)C2)n1. The van der Waals surface area contributed by atoms with Gasteiger partial charge in [-0.1, -0.05) is 0 Å². The summed E-state index contributed by atoms with van der Waals surface area (Å²) >= 11 is 0. The summed E-state index contributed by atoms with van der Waals surface area (Å²) in [5.74, 6) is 0.122. The molecular weight excluding hydrogens is 274 g/mol. The van der Waals surface area contributed by atoms with E-state index in [1.807, 2.05) is 0 Å². The molecule has 0 bridgehead atoms. The fourth-order valence-corrected chi connectivity index (χ4v) is 3.79. The highest BCUT2D eigenvalue weighted by Gasteiger charge is 2.28. The lowest BCUT2D eigenvalue weighted by molar-refractivity contribution is -0.384. The molecule has 3 N–H and O–H groups in total. The standard InChI is InChI=1S/C9H13N5O4S/c10-9-12-4-7(14(15)16)8(13-9)11-3-6-1-2-19(17,18)5-6/h4,6H,1-3,5H2,(H3,10,11,12,13). The molecule has 1 aliphatic heterocycles. The van der Waals surface area contributed by atoms with Crippen LogP contribution in [0.3, 0.4) is 0 Å². The maximum atomic E-state index is 11.3. The van der Waals surface area contributed by atoms with E-state index in [0.717, 1.165) is 6.20 Å². The van der Waals surface area contributed by atoms with Crippen molar-refractivity contribution < 1.29 is 13.3 Å². The van der Waals surface area contributed by atoms with Gasteiger partial charge in [0.2, 0.25) is 11.8 Å². The molecule has 9 nitrogen and oxygen atoms in total. The maximum absolute atomic E-state index is 11.3. The normalized spacial score (nSPS) is 21.2. The van der Waals surface area contributed by atoms with Gasteiger partial charge in [0, 0.05) is 6.54 Å². The van der Waals surface area contributed by atoms with E-state index < -0.39 is 14.8 Å². The Morgan fingerprint density at radius 2 is 2.32 bits per heavy atom. The Kier molecular flexibility index (Phi) is 3.51. The van der Waals surface area contributed by atoms with E-state index in [4.69, 9.17) is 5.73 Å². The van der Waals surface area contributed by atoms with Crippen molar-refractivity contribution >= 4 is 27.3 Å².